The molecular weight excluding hydrogens is 416 g/mol. The van der Waals surface area contributed by atoms with Crippen molar-refractivity contribution in [2.75, 3.05) is 5.32 Å². The Labute approximate surface area is 176 Å². The zero-order valence-electron chi connectivity index (χ0n) is 14.8. The third-order valence-electron chi connectivity index (χ3n) is 3.90. The lowest BCUT2D eigenvalue weighted by atomic mass is 10.1. The van der Waals surface area contributed by atoms with Crippen LogP contribution in [-0.4, -0.2) is 18.0 Å². The summed E-state index contributed by atoms with van der Waals surface area (Å²) >= 11 is 12.1. The molecule has 0 fully saturated rings. The van der Waals surface area contributed by atoms with E-state index in [1.54, 1.807) is 36.4 Å². The second kappa shape index (κ2) is 9.32. The summed E-state index contributed by atoms with van der Waals surface area (Å²) in [6, 6.07) is 16.8. The molecule has 0 aliphatic heterocycles. The van der Waals surface area contributed by atoms with E-state index in [0.717, 1.165) is 0 Å². The Bertz CT molecular complexity index is 1080. The van der Waals surface area contributed by atoms with Gasteiger partial charge < -0.3 is 5.32 Å². The van der Waals surface area contributed by atoms with Crippen molar-refractivity contribution in [2.24, 2.45) is 5.10 Å². The Kier molecular flexibility index (Phi) is 6.59. The van der Waals surface area contributed by atoms with Crippen LogP contribution in [-0.2, 0) is 0 Å². The maximum Gasteiger partial charge on any atom is 0.273 e. The minimum atomic E-state index is -0.672. The van der Waals surface area contributed by atoms with Gasteiger partial charge in [-0.2, -0.15) is 5.10 Å². The maximum atomic E-state index is 13.8. The van der Waals surface area contributed by atoms with Crippen molar-refractivity contribution in [1.29, 1.82) is 0 Å². The normalized spacial score (nSPS) is 10.7. The van der Waals surface area contributed by atoms with Crippen LogP contribution in [0.4, 0.5) is 10.1 Å². The van der Waals surface area contributed by atoms with Gasteiger partial charge in [0.15, 0.2) is 0 Å². The molecule has 2 N–H and O–H groups in total. The average Bonchev–Trinajstić information content (AvgIpc) is 2.70. The van der Waals surface area contributed by atoms with Gasteiger partial charge in [0.2, 0.25) is 0 Å². The highest BCUT2D eigenvalue weighted by atomic mass is 35.5. The molecule has 0 aliphatic rings. The molecule has 0 bridgehead atoms. The van der Waals surface area contributed by atoms with E-state index in [1.807, 2.05) is 0 Å². The fraction of sp³-hybridized carbons (Fsp3) is 0. The van der Waals surface area contributed by atoms with Crippen molar-refractivity contribution in [3.8, 4) is 0 Å². The summed E-state index contributed by atoms with van der Waals surface area (Å²) < 4.78 is 13.8. The Morgan fingerprint density at radius 3 is 2.14 bits per heavy atom. The van der Waals surface area contributed by atoms with Crippen LogP contribution in [0.1, 0.15) is 26.3 Å². The quantitative estimate of drug-likeness (QED) is 0.434. The van der Waals surface area contributed by atoms with Crippen molar-refractivity contribution in [3.05, 3.63) is 99.3 Å². The molecule has 3 aromatic carbocycles. The number of hydrazone groups is 1. The van der Waals surface area contributed by atoms with E-state index in [9.17, 15) is 14.0 Å². The van der Waals surface area contributed by atoms with E-state index in [2.05, 4.69) is 15.8 Å². The summed E-state index contributed by atoms with van der Waals surface area (Å²) in [5.74, 6) is -1.91. The lowest BCUT2D eigenvalue weighted by Crippen LogP contribution is -2.21. The topological polar surface area (TPSA) is 70.6 Å². The molecule has 0 aromatic heterocycles. The number of nitrogens with zero attached hydrogens (tertiary/aromatic N) is 1. The van der Waals surface area contributed by atoms with Crippen LogP contribution in [0.3, 0.4) is 0 Å². The van der Waals surface area contributed by atoms with Gasteiger partial charge >= 0.3 is 0 Å². The van der Waals surface area contributed by atoms with Crippen molar-refractivity contribution >= 4 is 46.9 Å². The molecule has 0 heterocycles. The number of amides is 2. The van der Waals surface area contributed by atoms with Crippen LogP contribution in [0.25, 0.3) is 0 Å². The molecule has 0 unspecified atom stereocenters. The highest BCUT2D eigenvalue weighted by Gasteiger charge is 2.16. The Hall–Kier alpha value is -3.22. The molecule has 3 rings (SSSR count). The average molecular weight is 430 g/mol. The molecule has 0 aliphatic carbocycles. The third-order valence-corrected chi connectivity index (χ3v) is 4.56. The van der Waals surface area contributed by atoms with E-state index in [-0.39, 0.29) is 16.8 Å². The lowest BCUT2D eigenvalue weighted by molar-refractivity contribution is 0.0956. The van der Waals surface area contributed by atoms with Gasteiger partial charge in [0.05, 0.1) is 33.1 Å². The molecule has 8 heteroatoms. The van der Waals surface area contributed by atoms with Crippen LogP contribution in [0, 0.1) is 5.82 Å². The molecule has 0 saturated heterocycles. The SMILES string of the molecule is O=C(Nc1ccccc1C(=O)N/N=C\c1c(Cl)cccc1Cl)c1ccccc1F. The zero-order valence-corrected chi connectivity index (χ0v) is 16.3. The van der Waals surface area contributed by atoms with Crippen molar-refractivity contribution in [1.82, 2.24) is 5.43 Å². The fourth-order valence-electron chi connectivity index (χ4n) is 2.47. The first kappa shape index (κ1) is 20.5. The Morgan fingerprint density at radius 1 is 0.828 bits per heavy atom. The summed E-state index contributed by atoms with van der Waals surface area (Å²) in [7, 11) is 0. The van der Waals surface area contributed by atoms with Crippen LogP contribution < -0.4 is 10.7 Å². The molecule has 3 aromatic rings. The van der Waals surface area contributed by atoms with Crippen molar-refractivity contribution < 1.29 is 14.0 Å². The summed E-state index contributed by atoms with van der Waals surface area (Å²) in [5, 5.41) is 7.17. The predicted octanol–water partition coefficient (Wildman–Crippen LogP) is 5.15. The first-order valence-corrected chi connectivity index (χ1v) is 9.15. The van der Waals surface area contributed by atoms with Crippen LogP contribution in [0.15, 0.2) is 71.8 Å². The smallest absolute Gasteiger partial charge is 0.273 e. The van der Waals surface area contributed by atoms with Gasteiger partial charge in [-0.25, -0.2) is 9.82 Å². The molecular formula is C21H14Cl2FN3O2. The second-order valence-electron chi connectivity index (χ2n) is 5.81. The van der Waals surface area contributed by atoms with Gasteiger partial charge in [-0.05, 0) is 36.4 Å². The largest absolute Gasteiger partial charge is 0.321 e. The number of nitrogens with one attached hydrogen (secondary N) is 2. The van der Waals surface area contributed by atoms with Gasteiger partial charge in [0, 0.05) is 5.56 Å². The zero-order chi connectivity index (χ0) is 20.8. The number of benzene rings is 3. The summed E-state index contributed by atoms with van der Waals surface area (Å²) in [6.07, 6.45) is 1.32. The van der Waals surface area contributed by atoms with Gasteiger partial charge in [0.1, 0.15) is 5.82 Å². The molecule has 2 amide bonds. The fourth-order valence-corrected chi connectivity index (χ4v) is 2.97. The molecule has 0 saturated carbocycles. The first-order valence-electron chi connectivity index (χ1n) is 8.39. The van der Waals surface area contributed by atoms with E-state index in [0.29, 0.717) is 15.6 Å². The molecule has 0 spiro atoms. The van der Waals surface area contributed by atoms with E-state index in [1.165, 1.54) is 36.5 Å². The van der Waals surface area contributed by atoms with E-state index >= 15 is 0 Å². The maximum absolute atomic E-state index is 13.8. The molecule has 146 valence electrons. The van der Waals surface area contributed by atoms with Crippen LogP contribution in [0.2, 0.25) is 10.0 Å². The molecule has 29 heavy (non-hydrogen) atoms. The number of para-hydroxylation sites is 1. The minimum absolute atomic E-state index is 0.130. The highest BCUT2D eigenvalue weighted by Crippen LogP contribution is 2.22. The third kappa shape index (κ3) is 4.99. The van der Waals surface area contributed by atoms with Crippen molar-refractivity contribution in [3.63, 3.8) is 0 Å². The number of hydrogen-bond donors (Lipinski definition) is 2. The highest BCUT2D eigenvalue weighted by molar-refractivity contribution is 6.38. The summed E-state index contributed by atoms with van der Waals surface area (Å²) in [6.45, 7) is 0. The first-order chi connectivity index (χ1) is 14.0. The van der Waals surface area contributed by atoms with Gasteiger partial charge in [-0.15, -0.1) is 0 Å². The lowest BCUT2D eigenvalue weighted by Gasteiger charge is -2.10. The predicted molar refractivity (Wildman–Crippen MR) is 112 cm³/mol. The standard InChI is InChI=1S/C21H14Cl2FN3O2/c22-16-8-5-9-17(23)15(16)12-25-27-21(29)14-7-2-4-11-19(14)26-20(28)13-6-1-3-10-18(13)24/h1-12H,(H,26,28)(H,27,29)/b25-12-. The van der Waals surface area contributed by atoms with Crippen LogP contribution in [0.5, 0.6) is 0 Å². The van der Waals surface area contributed by atoms with E-state index in [4.69, 9.17) is 23.2 Å². The van der Waals surface area contributed by atoms with Crippen LogP contribution >= 0.6 is 23.2 Å². The van der Waals surface area contributed by atoms with E-state index < -0.39 is 17.6 Å². The minimum Gasteiger partial charge on any atom is -0.321 e. The van der Waals surface area contributed by atoms with Gasteiger partial charge in [-0.3, -0.25) is 9.59 Å². The monoisotopic (exact) mass is 429 g/mol. The Morgan fingerprint density at radius 2 is 1.45 bits per heavy atom. The molecule has 0 radical (unpaired) electrons. The Balaban J connectivity index is 1.76. The molecule has 0 atom stereocenters. The van der Waals surface area contributed by atoms with Crippen molar-refractivity contribution in [2.45, 2.75) is 0 Å². The number of halogens is 3. The number of carbonyl (C=O) groups excluding carboxylic acids is 2. The number of hydrogen-bond acceptors (Lipinski definition) is 3. The second-order valence-corrected chi connectivity index (χ2v) is 6.63. The molecule has 5 nitrogen and oxygen atoms in total. The summed E-state index contributed by atoms with van der Waals surface area (Å²) in [4.78, 5) is 24.8. The number of anilines is 1. The number of carbonyl (C=O) groups is 2. The number of rotatable bonds is 5. The van der Waals surface area contributed by atoms with Gasteiger partial charge in [-0.1, -0.05) is 53.5 Å². The van der Waals surface area contributed by atoms with Gasteiger partial charge in [0.25, 0.3) is 11.8 Å². The summed E-state index contributed by atoms with van der Waals surface area (Å²) in [5.41, 5.74) is 3.04.